The minimum absolute atomic E-state index is 0.00640. The van der Waals surface area contributed by atoms with Crippen molar-refractivity contribution in [2.45, 2.75) is 83.0 Å². The van der Waals surface area contributed by atoms with Crippen LogP contribution < -0.4 is 38.9 Å². The first-order chi connectivity index (χ1) is 20.4. The van der Waals surface area contributed by atoms with Crippen LogP contribution in [0.25, 0.3) is 10.9 Å². The summed E-state index contributed by atoms with van der Waals surface area (Å²) in [7, 11) is 0. The topological polar surface area (TPSA) is 257 Å². The number of aliphatic imine (C=N–C) groups is 1. The first-order valence-electron chi connectivity index (χ1n) is 14.6. The summed E-state index contributed by atoms with van der Waals surface area (Å²) in [5, 5.41) is 18.5. The van der Waals surface area contributed by atoms with E-state index in [4.69, 9.17) is 22.9 Å². The zero-order valence-corrected chi connectivity index (χ0v) is 25.0. The highest BCUT2D eigenvalue weighted by Gasteiger charge is 2.30. The predicted molar refractivity (Wildman–Crippen MR) is 166 cm³/mol. The molecule has 0 saturated carbocycles. The van der Waals surface area contributed by atoms with Gasteiger partial charge in [-0.15, -0.1) is 0 Å². The molecule has 0 radical (unpaired) electrons. The van der Waals surface area contributed by atoms with Crippen molar-refractivity contribution in [3.8, 4) is 0 Å². The third-order valence-corrected chi connectivity index (χ3v) is 6.93. The standard InChI is InChI=1S/C29H47N9O5/c1-17(2)14-24(28(42)43)38-27(41)23(11-7-13-34-29(32)33)37-26(40)22(10-5-6-12-30)36-25(39)20(31)15-18-16-35-21-9-4-3-8-19(18)21/h3-4,8-9,16-17,20,22-24,35H,5-7,10-15,30-31H2,1-2H3,(H,36,39)(H,37,40)(H,38,41)(H,42,43)(H4,32,33,34). The molecule has 2 aromatic rings. The Morgan fingerprint density at radius 2 is 1.51 bits per heavy atom. The molecule has 0 fully saturated rings. The number of hydrogen-bond donors (Lipinski definition) is 9. The molecule has 0 aliphatic carbocycles. The Bertz CT molecular complexity index is 1240. The minimum atomic E-state index is -1.18. The lowest BCUT2D eigenvalue weighted by Gasteiger charge is -2.25. The van der Waals surface area contributed by atoms with Crippen LogP contribution in [0.1, 0.15) is 57.9 Å². The molecule has 43 heavy (non-hydrogen) atoms. The molecule has 4 unspecified atom stereocenters. The summed E-state index contributed by atoms with van der Waals surface area (Å²) in [5.74, 6) is -3.05. The van der Waals surface area contributed by atoms with Crippen LogP contribution in [0.5, 0.6) is 0 Å². The van der Waals surface area contributed by atoms with Crippen LogP contribution in [0.3, 0.4) is 0 Å². The lowest BCUT2D eigenvalue weighted by atomic mass is 10.0. The number of guanidine groups is 1. The number of aromatic amines is 1. The molecular formula is C29H47N9O5. The molecule has 0 bridgehead atoms. The van der Waals surface area contributed by atoms with Crippen LogP contribution in [0.4, 0.5) is 0 Å². The Morgan fingerprint density at radius 3 is 2.12 bits per heavy atom. The van der Waals surface area contributed by atoms with E-state index in [2.05, 4.69) is 25.9 Å². The Hall–Kier alpha value is -4.17. The molecule has 0 aliphatic heterocycles. The van der Waals surface area contributed by atoms with Crippen molar-refractivity contribution in [2.24, 2.45) is 33.8 Å². The summed E-state index contributed by atoms with van der Waals surface area (Å²) in [6.07, 6.45) is 4.16. The number of carbonyl (C=O) groups is 4. The molecule has 2 rings (SSSR count). The molecule has 3 amide bonds. The molecule has 4 atom stereocenters. The number of nitrogens with zero attached hydrogens (tertiary/aromatic N) is 1. The molecule has 0 aliphatic rings. The summed E-state index contributed by atoms with van der Waals surface area (Å²) in [4.78, 5) is 58.6. The smallest absolute Gasteiger partial charge is 0.326 e. The highest BCUT2D eigenvalue weighted by atomic mass is 16.4. The second-order valence-corrected chi connectivity index (χ2v) is 11.1. The third-order valence-electron chi connectivity index (χ3n) is 6.93. The van der Waals surface area contributed by atoms with E-state index in [9.17, 15) is 24.3 Å². The van der Waals surface area contributed by atoms with E-state index in [0.717, 1.165) is 16.5 Å². The van der Waals surface area contributed by atoms with E-state index in [0.29, 0.717) is 25.8 Å². The Morgan fingerprint density at radius 1 is 0.907 bits per heavy atom. The van der Waals surface area contributed by atoms with Gasteiger partial charge in [0.2, 0.25) is 17.7 Å². The normalized spacial score (nSPS) is 14.0. The number of fused-ring (bicyclic) bond motifs is 1. The Kier molecular flexibility index (Phi) is 14.4. The average Bonchev–Trinajstić information content (AvgIpc) is 3.35. The first-order valence-corrected chi connectivity index (χ1v) is 14.6. The summed E-state index contributed by atoms with van der Waals surface area (Å²) >= 11 is 0. The zero-order valence-electron chi connectivity index (χ0n) is 25.0. The van der Waals surface area contributed by atoms with Crippen molar-refractivity contribution in [1.29, 1.82) is 0 Å². The van der Waals surface area contributed by atoms with Crippen molar-refractivity contribution in [2.75, 3.05) is 13.1 Å². The fourth-order valence-corrected chi connectivity index (χ4v) is 4.68. The van der Waals surface area contributed by atoms with Crippen LogP contribution in [-0.2, 0) is 25.6 Å². The van der Waals surface area contributed by atoms with Gasteiger partial charge in [-0.1, -0.05) is 32.0 Å². The SMILES string of the molecule is CC(C)CC(NC(=O)C(CCCN=C(N)N)NC(=O)C(CCCCN)NC(=O)C(N)Cc1c[nH]c2ccccc12)C(=O)O. The molecule has 1 heterocycles. The lowest BCUT2D eigenvalue weighted by molar-refractivity contribution is -0.142. The number of aromatic nitrogens is 1. The van der Waals surface area contributed by atoms with E-state index in [1.54, 1.807) is 6.20 Å². The summed E-state index contributed by atoms with van der Waals surface area (Å²) in [6.45, 7) is 4.29. The van der Waals surface area contributed by atoms with Crippen LogP contribution in [0.2, 0.25) is 0 Å². The number of carboxylic acids is 1. The maximum absolute atomic E-state index is 13.5. The highest BCUT2D eigenvalue weighted by Crippen LogP contribution is 2.19. The van der Waals surface area contributed by atoms with E-state index in [1.165, 1.54) is 0 Å². The number of aliphatic carboxylic acids is 1. The average molecular weight is 602 g/mol. The number of para-hydroxylation sites is 1. The van der Waals surface area contributed by atoms with E-state index >= 15 is 0 Å². The van der Waals surface area contributed by atoms with Gasteiger partial charge in [-0.05, 0) is 69.0 Å². The van der Waals surface area contributed by atoms with Crippen LogP contribution in [0.15, 0.2) is 35.5 Å². The zero-order chi connectivity index (χ0) is 31.9. The van der Waals surface area contributed by atoms with Gasteiger partial charge in [0, 0.05) is 23.6 Å². The number of carbonyl (C=O) groups excluding carboxylic acids is 3. The summed E-state index contributed by atoms with van der Waals surface area (Å²) in [6, 6.07) is 3.50. The number of hydrogen-bond acceptors (Lipinski definition) is 7. The Labute approximate surface area is 251 Å². The van der Waals surface area contributed by atoms with Gasteiger partial charge in [-0.25, -0.2) is 4.79 Å². The molecule has 14 heteroatoms. The van der Waals surface area contributed by atoms with Gasteiger partial charge < -0.3 is 49.0 Å². The molecule has 0 saturated heterocycles. The molecule has 0 spiro atoms. The fraction of sp³-hybridized carbons (Fsp3) is 0.552. The van der Waals surface area contributed by atoms with Crippen LogP contribution in [-0.4, -0.2) is 77.0 Å². The van der Waals surface area contributed by atoms with E-state index in [-0.39, 0.29) is 44.1 Å². The monoisotopic (exact) mass is 601 g/mol. The highest BCUT2D eigenvalue weighted by molar-refractivity contribution is 5.94. The van der Waals surface area contributed by atoms with Crippen molar-refractivity contribution in [3.63, 3.8) is 0 Å². The number of rotatable bonds is 19. The summed E-state index contributed by atoms with van der Waals surface area (Å²) in [5.41, 5.74) is 24.5. The van der Waals surface area contributed by atoms with Gasteiger partial charge in [-0.3, -0.25) is 19.4 Å². The Balaban J connectivity index is 2.17. The fourth-order valence-electron chi connectivity index (χ4n) is 4.68. The largest absolute Gasteiger partial charge is 0.480 e. The molecule has 14 nitrogen and oxygen atoms in total. The van der Waals surface area contributed by atoms with Crippen molar-refractivity contribution in [1.82, 2.24) is 20.9 Å². The van der Waals surface area contributed by atoms with Gasteiger partial charge in [0.1, 0.15) is 18.1 Å². The van der Waals surface area contributed by atoms with Gasteiger partial charge in [0.25, 0.3) is 0 Å². The van der Waals surface area contributed by atoms with Crippen molar-refractivity contribution < 1.29 is 24.3 Å². The molecular weight excluding hydrogens is 554 g/mol. The maximum atomic E-state index is 13.5. The molecule has 1 aromatic heterocycles. The number of unbranched alkanes of at least 4 members (excludes halogenated alkanes) is 1. The maximum Gasteiger partial charge on any atom is 0.326 e. The minimum Gasteiger partial charge on any atom is -0.480 e. The van der Waals surface area contributed by atoms with E-state index in [1.807, 2.05) is 38.1 Å². The van der Waals surface area contributed by atoms with E-state index < -0.39 is 47.9 Å². The van der Waals surface area contributed by atoms with Crippen LogP contribution >= 0.6 is 0 Å². The lowest BCUT2D eigenvalue weighted by Crippen LogP contribution is -2.57. The number of nitrogens with one attached hydrogen (secondary N) is 4. The number of carboxylic acid groups (broad SMARTS) is 1. The van der Waals surface area contributed by atoms with Crippen molar-refractivity contribution >= 4 is 40.6 Å². The number of benzene rings is 1. The van der Waals surface area contributed by atoms with Crippen LogP contribution in [0, 0.1) is 5.92 Å². The van der Waals surface area contributed by atoms with Gasteiger partial charge in [0.15, 0.2) is 5.96 Å². The quantitative estimate of drug-likeness (QED) is 0.0586. The van der Waals surface area contributed by atoms with Gasteiger partial charge in [0.05, 0.1) is 6.04 Å². The number of H-pyrrole nitrogens is 1. The molecule has 13 N–H and O–H groups in total. The number of amides is 3. The second kappa shape index (κ2) is 17.7. The molecule has 1 aromatic carbocycles. The first kappa shape index (κ1) is 35.0. The molecule has 238 valence electrons. The third kappa shape index (κ3) is 11.9. The summed E-state index contributed by atoms with van der Waals surface area (Å²) < 4.78 is 0. The second-order valence-electron chi connectivity index (χ2n) is 11.1. The van der Waals surface area contributed by atoms with Gasteiger partial charge >= 0.3 is 5.97 Å². The van der Waals surface area contributed by atoms with Gasteiger partial charge in [-0.2, -0.15) is 0 Å². The van der Waals surface area contributed by atoms with Crippen molar-refractivity contribution in [3.05, 3.63) is 36.0 Å². The predicted octanol–water partition coefficient (Wildman–Crippen LogP) is -0.195. The number of nitrogens with two attached hydrogens (primary N) is 4.